The molecule has 0 amide bonds. The molecule has 0 bridgehead atoms. The Morgan fingerprint density at radius 1 is 0.824 bits per heavy atom. The molecule has 0 saturated carbocycles. The molecule has 0 aromatic rings. The van der Waals surface area contributed by atoms with Gasteiger partial charge in [-0.3, -0.25) is 0 Å². The third-order valence-electron chi connectivity index (χ3n) is 3.00. The molecule has 0 fully saturated rings. The summed E-state index contributed by atoms with van der Waals surface area (Å²) in [6.07, 6.45) is 15.7. The maximum atomic E-state index is 10.8. The Kier molecular flexibility index (Phi) is 3.52. The fraction of sp³-hybridized carbons (Fsp3) is 0.200. The molecule has 0 aromatic carbocycles. The molecule has 2 rings (SSSR count). The van der Waals surface area contributed by atoms with Crippen LogP contribution in [0.3, 0.4) is 0 Å². The molecule has 84 valence electrons. The molecule has 0 spiro atoms. The number of rotatable bonds is 2. The molecule has 17 heavy (non-hydrogen) atoms. The zero-order valence-corrected chi connectivity index (χ0v) is 9.30. The summed E-state index contributed by atoms with van der Waals surface area (Å²) >= 11 is 0. The number of allylic oxidation sites excluding steroid dienone is 10. The standard InChI is InChI=1S/C15H12O2/c16-10-14-7-3-1-5-12(14)9-13-6-2-4-8-15(13)11-17/h1-8,12-13H,9H2. The van der Waals surface area contributed by atoms with E-state index in [2.05, 4.69) is 0 Å². The molecule has 0 aliphatic heterocycles. The van der Waals surface area contributed by atoms with Crippen molar-refractivity contribution in [2.75, 3.05) is 0 Å². The van der Waals surface area contributed by atoms with Crippen LogP contribution in [0, 0.1) is 11.8 Å². The summed E-state index contributed by atoms with van der Waals surface area (Å²) in [6, 6.07) is 0. The summed E-state index contributed by atoms with van der Waals surface area (Å²) in [5.74, 6) is 3.97. The van der Waals surface area contributed by atoms with E-state index in [0.29, 0.717) is 17.6 Å². The monoisotopic (exact) mass is 224 g/mol. The molecular formula is C15H12O2. The minimum absolute atomic E-state index is 0.0296. The van der Waals surface area contributed by atoms with Crippen molar-refractivity contribution in [3.05, 3.63) is 59.8 Å². The summed E-state index contributed by atoms with van der Waals surface area (Å²) < 4.78 is 0. The van der Waals surface area contributed by atoms with Crippen LogP contribution >= 0.6 is 0 Å². The summed E-state index contributed by atoms with van der Waals surface area (Å²) in [7, 11) is 0. The molecule has 0 radical (unpaired) electrons. The Hall–Kier alpha value is -2.14. The van der Waals surface area contributed by atoms with Crippen LogP contribution in [0.2, 0.25) is 0 Å². The first kappa shape index (κ1) is 11.3. The van der Waals surface area contributed by atoms with Crippen molar-refractivity contribution in [3.8, 4) is 0 Å². The number of hydrogen-bond acceptors (Lipinski definition) is 2. The van der Waals surface area contributed by atoms with Gasteiger partial charge in [0.2, 0.25) is 0 Å². The summed E-state index contributed by atoms with van der Waals surface area (Å²) in [6.45, 7) is 0. The second-order valence-corrected chi connectivity index (χ2v) is 4.05. The lowest BCUT2D eigenvalue weighted by Crippen LogP contribution is -2.12. The van der Waals surface area contributed by atoms with Crippen LogP contribution in [0.1, 0.15) is 6.42 Å². The summed E-state index contributed by atoms with van der Waals surface area (Å²) in [5, 5.41) is 0. The smallest absolute Gasteiger partial charge is 0.128 e. The SMILES string of the molecule is O=C=C1C=CC=CC1CC1C=CC=CC1=C=O. The number of hydrogen-bond donors (Lipinski definition) is 0. The molecule has 0 N–H and O–H groups in total. The minimum Gasteiger partial charge on any atom is -0.233 e. The van der Waals surface area contributed by atoms with Gasteiger partial charge in [-0.1, -0.05) is 36.5 Å². The van der Waals surface area contributed by atoms with Crippen molar-refractivity contribution >= 4 is 11.9 Å². The van der Waals surface area contributed by atoms with Gasteiger partial charge >= 0.3 is 0 Å². The minimum atomic E-state index is 0.0296. The summed E-state index contributed by atoms with van der Waals surface area (Å²) in [5.41, 5.74) is 1.28. The largest absolute Gasteiger partial charge is 0.233 e. The van der Waals surface area contributed by atoms with Gasteiger partial charge in [0.15, 0.2) is 0 Å². The lowest BCUT2D eigenvalue weighted by atomic mass is 9.82. The highest BCUT2D eigenvalue weighted by atomic mass is 16.1. The molecule has 0 aromatic heterocycles. The van der Waals surface area contributed by atoms with E-state index in [9.17, 15) is 9.59 Å². The van der Waals surface area contributed by atoms with Crippen molar-refractivity contribution in [1.29, 1.82) is 0 Å². The van der Waals surface area contributed by atoms with Crippen LogP contribution in [0.15, 0.2) is 59.8 Å². The zero-order valence-electron chi connectivity index (χ0n) is 9.30. The van der Waals surface area contributed by atoms with Gasteiger partial charge in [-0.2, -0.15) is 0 Å². The van der Waals surface area contributed by atoms with Crippen LogP contribution in [-0.4, -0.2) is 11.9 Å². The predicted octanol–water partition coefficient (Wildman–Crippen LogP) is 2.38. The Morgan fingerprint density at radius 2 is 1.29 bits per heavy atom. The van der Waals surface area contributed by atoms with E-state index >= 15 is 0 Å². The molecular weight excluding hydrogens is 212 g/mol. The molecule has 2 unspecified atom stereocenters. The first-order valence-electron chi connectivity index (χ1n) is 5.55. The Morgan fingerprint density at radius 3 is 1.71 bits per heavy atom. The van der Waals surface area contributed by atoms with E-state index in [1.165, 1.54) is 0 Å². The number of carbonyl (C=O) groups excluding carboxylic acids is 2. The third-order valence-corrected chi connectivity index (χ3v) is 3.00. The van der Waals surface area contributed by atoms with Crippen molar-refractivity contribution < 1.29 is 9.59 Å². The van der Waals surface area contributed by atoms with Crippen LogP contribution in [0.4, 0.5) is 0 Å². The van der Waals surface area contributed by atoms with Crippen LogP contribution in [0.25, 0.3) is 0 Å². The second-order valence-electron chi connectivity index (χ2n) is 4.05. The van der Waals surface area contributed by atoms with E-state index in [4.69, 9.17) is 0 Å². The highest BCUT2D eigenvalue weighted by Gasteiger charge is 2.20. The second kappa shape index (κ2) is 5.27. The van der Waals surface area contributed by atoms with Gasteiger partial charge in [-0.05, 0) is 18.6 Å². The van der Waals surface area contributed by atoms with Crippen molar-refractivity contribution in [1.82, 2.24) is 0 Å². The Balaban J connectivity index is 2.16. The quantitative estimate of drug-likeness (QED) is 0.675. The Bertz CT molecular complexity index is 471. The maximum Gasteiger partial charge on any atom is 0.128 e. The molecule has 2 heteroatoms. The molecule has 2 atom stereocenters. The van der Waals surface area contributed by atoms with Gasteiger partial charge < -0.3 is 0 Å². The van der Waals surface area contributed by atoms with Crippen molar-refractivity contribution in [3.63, 3.8) is 0 Å². The lowest BCUT2D eigenvalue weighted by Gasteiger charge is -2.20. The Labute approximate surface area is 100 Å². The van der Waals surface area contributed by atoms with E-state index in [0.717, 1.165) is 0 Å². The van der Waals surface area contributed by atoms with Crippen molar-refractivity contribution in [2.45, 2.75) is 6.42 Å². The fourth-order valence-corrected chi connectivity index (χ4v) is 2.07. The molecule has 2 nitrogen and oxygen atoms in total. The molecule has 2 aliphatic rings. The van der Waals surface area contributed by atoms with E-state index < -0.39 is 0 Å². The fourth-order valence-electron chi connectivity index (χ4n) is 2.07. The van der Waals surface area contributed by atoms with Crippen LogP contribution in [-0.2, 0) is 9.59 Å². The van der Waals surface area contributed by atoms with Crippen LogP contribution < -0.4 is 0 Å². The van der Waals surface area contributed by atoms with E-state index in [1.54, 1.807) is 12.2 Å². The molecule has 2 aliphatic carbocycles. The zero-order chi connectivity index (χ0) is 12.1. The van der Waals surface area contributed by atoms with Crippen LogP contribution in [0.5, 0.6) is 0 Å². The lowest BCUT2D eigenvalue weighted by molar-refractivity contribution is 0.549. The average molecular weight is 224 g/mol. The molecule has 0 saturated heterocycles. The summed E-state index contributed by atoms with van der Waals surface area (Å²) in [4.78, 5) is 21.6. The van der Waals surface area contributed by atoms with E-state index in [-0.39, 0.29) is 11.8 Å². The molecule has 0 heterocycles. The first-order valence-corrected chi connectivity index (χ1v) is 5.55. The topological polar surface area (TPSA) is 34.1 Å². The van der Waals surface area contributed by atoms with Crippen molar-refractivity contribution in [2.24, 2.45) is 11.8 Å². The van der Waals surface area contributed by atoms with Gasteiger partial charge in [-0.25, -0.2) is 9.59 Å². The predicted molar refractivity (Wildman–Crippen MR) is 66.6 cm³/mol. The normalized spacial score (nSPS) is 25.9. The van der Waals surface area contributed by atoms with Gasteiger partial charge in [0.05, 0.1) is 0 Å². The highest BCUT2D eigenvalue weighted by molar-refractivity contribution is 5.62. The van der Waals surface area contributed by atoms with Gasteiger partial charge in [0, 0.05) is 23.0 Å². The first-order chi connectivity index (χ1) is 8.35. The average Bonchev–Trinajstić information content (AvgIpc) is 2.40. The maximum absolute atomic E-state index is 10.8. The third kappa shape index (κ3) is 2.51. The van der Waals surface area contributed by atoms with Gasteiger partial charge in [0.25, 0.3) is 0 Å². The highest BCUT2D eigenvalue weighted by Crippen LogP contribution is 2.29. The van der Waals surface area contributed by atoms with E-state index in [1.807, 2.05) is 48.3 Å². The van der Waals surface area contributed by atoms with Gasteiger partial charge in [-0.15, -0.1) is 0 Å². The van der Waals surface area contributed by atoms with Gasteiger partial charge in [0.1, 0.15) is 11.9 Å².